The van der Waals surface area contributed by atoms with Crippen LogP contribution < -0.4 is 5.73 Å². The number of benzene rings is 1. The minimum Gasteiger partial charge on any atom is -0.384 e. The Labute approximate surface area is 105 Å². The molecule has 1 aromatic carbocycles. The normalized spacial score (nSPS) is 11.1. The molecule has 0 spiro atoms. The number of imidazole rings is 1. The average molecular weight is 264 g/mol. The van der Waals surface area contributed by atoms with Crippen molar-refractivity contribution in [1.29, 1.82) is 0 Å². The van der Waals surface area contributed by atoms with Gasteiger partial charge in [0.1, 0.15) is 29.1 Å². The summed E-state index contributed by atoms with van der Waals surface area (Å²) < 4.78 is 40.1. The van der Waals surface area contributed by atoms with Gasteiger partial charge < -0.3 is 10.7 Å². The van der Waals surface area contributed by atoms with E-state index >= 15 is 0 Å². The number of hydrogen-bond acceptors (Lipinski definition) is 3. The van der Waals surface area contributed by atoms with Gasteiger partial charge in [0.2, 0.25) is 0 Å². The fourth-order valence-electron chi connectivity index (χ4n) is 1.79. The molecule has 3 rings (SSSR count). The summed E-state index contributed by atoms with van der Waals surface area (Å²) in [7, 11) is 0. The number of rotatable bonds is 1. The molecule has 2 heterocycles. The highest BCUT2D eigenvalue weighted by Gasteiger charge is 2.17. The summed E-state index contributed by atoms with van der Waals surface area (Å²) in [6.07, 6.45) is 0. The molecule has 19 heavy (non-hydrogen) atoms. The second kappa shape index (κ2) is 3.98. The van der Waals surface area contributed by atoms with Crippen LogP contribution in [0.15, 0.2) is 24.3 Å². The van der Waals surface area contributed by atoms with Crippen LogP contribution in [0, 0.1) is 17.5 Å². The lowest BCUT2D eigenvalue weighted by Gasteiger charge is -2.01. The number of nitrogen functional groups attached to an aromatic ring is 1. The number of fused-ring (bicyclic) bond motifs is 1. The number of nitrogens with one attached hydrogen (secondary N) is 1. The third-order valence-electron chi connectivity index (χ3n) is 2.61. The first-order chi connectivity index (χ1) is 9.04. The molecule has 3 N–H and O–H groups in total. The number of hydrogen-bond donors (Lipinski definition) is 2. The molecule has 3 aromatic rings. The number of aromatic nitrogens is 3. The first-order valence-corrected chi connectivity index (χ1v) is 5.32. The molecule has 0 fully saturated rings. The predicted octanol–water partition coefficient (Wildman–Crippen LogP) is 2.62. The van der Waals surface area contributed by atoms with E-state index in [2.05, 4.69) is 15.0 Å². The summed E-state index contributed by atoms with van der Waals surface area (Å²) in [6.45, 7) is 0. The second-order valence-corrected chi connectivity index (χ2v) is 3.94. The van der Waals surface area contributed by atoms with E-state index in [-0.39, 0.29) is 17.3 Å². The largest absolute Gasteiger partial charge is 0.384 e. The van der Waals surface area contributed by atoms with Gasteiger partial charge in [-0.25, -0.2) is 23.1 Å². The zero-order valence-electron chi connectivity index (χ0n) is 9.42. The van der Waals surface area contributed by atoms with E-state index in [4.69, 9.17) is 5.73 Å². The Hall–Kier alpha value is -2.57. The molecule has 0 amide bonds. The van der Waals surface area contributed by atoms with Gasteiger partial charge in [-0.2, -0.15) is 0 Å². The van der Waals surface area contributed by atoms with Crippen molar-refractivity contribution in [3.05, 3.63) is 41.7 Å². The van der Waals surface area contributed by atoms with Gasteiger partial charge in [0, 0.05) is 12.1 Å². The molecule has 0 radical (unpaired) electrons. The molecule has 96 valence electrons. The van der Waals surface area contributed by atoms with E-state index in [1.54, 1.807) is 6.07 Å². The summed E-state index contributed by atoms with van der Waals surface area (Å²) >= 11 is 0. The third-order valence-corrected chi connectivity index (χ3v) is 2.61. The summed E-state index contributed by atoms with van der Waals surface area (Å²) in [6, 6.07) is 4.30. The third kappa shape index (κ3) is 1.88. The van der Waals surface area contributed by atoms with Crippen LogP contribution in [-0.4, -0.2) is 15.0 Å². The monoisotopic (exact) mass is 264 g/mol. The van der Waals surface area contributed by atoms with Crippen molar-refractivity contribution in [1.82, 2.24) is 15.0 Å². The van der Waals surface area contributed by atoms with Crippen LogP contribution in [0.2, 0.25) is 0 Å². The van der Waals surface area contributed by atoms with Crippen LogP contribution in [0.25, 0.3) is 22.6 Å². The second-order valence-electron chi connectivity index (χ2n) is 3.94. The Morgan fingerprint density at radius 1 is 1.00 bits per heavy atom. The van der Waals surface area contributed by atoms with Crippen molar-refractivity contribution in [3.63, 3.8) is 0 Å². The van der Waals surface area contributed by atoms with Crippen LogP contribution in [0.3, 0.4) is 0 Å². The molecule has 0 saturated carbocycles. The van der Waals surface area contributed by atoms with Gasteiger partial charge in [-0.15, -0.1) is 0 Å². The van der Waals surface area contributed by atoms with Gasteiger partial charge in [0.05, 0.1) is 11.1 Å². The molecule has 0 bridgehead atoms. The van der Waals surface area contributed by atoms with Crippen molar-refractivity contribution >= 4 is 17.0 Å². The van der Waals surface area contributed by atoms with Gasteiger partial charge >= 0.3 is 0 Å². The molecule has 0 unspecified atom stereocenters. The lowest BCUT2D eigenvalue weighted by Crippen LogP contribution is -1.93. The fourth-order valence-corrected chi connectivity index (χ4v) is 1.79. The Morgan fingerprint density at radius 3 is 2.37 bits per heavy atom. The minimum atomic E-state index is -1.04. The lowest BCUT2D eigenvalue weighted by molar-refractivity contribution is 0.547. The van der Waals surface area contributed by atoms with E-state index in [1.165, 1.54) is 6.07 Å². The lowest BCUT2D eigenvalue weighted by atomic mass is 10.2. The van der Waals surface area contributed by atoms with Gasteiger partial charge in [-0.3, -0.25) is 0 Å². The highest BCUT2D eigenvalue weighted by Crippen LogP contribution is 2.26. The van der Waals surface area contributed by atoms with Crippen molar-refractivity contribution in [2.75, 3.05) is 5.73 Å². The van der Waals surface area contributed by atoms with E-state index in [0.29, 0.717) is 17.6 Å². The zero-order valence-corrected chi connectivity index (χ0v) is 9.42. The summed E-state index contributed by atoms with van der Waals surface area (Å²) in [4.78, 5) is 10.6. The summed E-state index contributed by atoms with van der Waals surface area (Å²) in [5.41, 5.74) is 5.77. The first-order valence-electron chi connectivity index (χ1n) is 5.32. The standard InChI is InChI=1S/C12H7F3N4/c13-5-3-6(14)10(7(15)4-5)12-17-8-1-2-9(16)18-11(8)19-12/h1-4H,(H3,16,17,18,19). The highest BCUT2D eigenvalue weighted by molar-refractivity contribution is 5.77. The van der Waals surface area contributed by atoms with Gasteiger partial charge in [0.25, 0.3) is 0 Å². The maximum absolute atomic E-state index is 13.6. The number of nitrogens with two attached hydrogens (primary N) is 1. The molecular weight excluding hydrogens is 257 g/mol. The maximum atomic E-state index is 13.6. The summed E-state index contributed by atoms with van der Waals surface area (Å²) in [5.74, 6) is -2.89. The number of aromatic amines is 1. The van der Waals surface area contributed by atoms with Gasteiger partial charge in [-0.05, 0) is 12.1 Å². The maximum Gasteiger partial charge on any atom is 0.180 e. The predicted molar refractivity (Wildman–Crippen MR) is 63.6 cm³/mol. The SMILES string of the molecule is Nc1ccc2[nH]c(-c3c(F)cc(F)cc3F)nc2n1. The van der Waals surface area contributed by atoms with E-state index in [9.17, 15) is 13.2 Å². The molecule has 7 heteroatoms. The van der Waals surface area contributed by atoms with Crippen LogP contribution in [0.4, 0.5) is 19.0 Å². The Bertz CT molecular complexity index is 759. The average Bonchev–Trinajstić information content (AvgIpc) is 2.69. The van der Waals surface area contributed by atoms with Crippen molar-refractivity contribution in [3.8, 4) is 11.4 Å². The van der Waals surface area contributed by atoms with Crippen LogP contribution >= 0.6 is 0 Å². The van der Waals surface area contributed by atoms with Crippen molar-refractivity contribution in [2.45, 2.75) is 0 Å². The first kappa shape index (κ1) is 11.5. The Morgan fingerprint density at radius 2 is 1.68 bits per heavy atom. The van der Waals surface area contributed by atoms with Crippen LogP contribution in [-0.2, 0) is 0 Å². The molecule has 0 aliphatic heterocycles. The molecule has 2 aromatic heterocycles. The zero-order chi connectivity index (χ0) is 13.6. The number of H-pyrrole nitrogens is 1. The topological polar surface area (TPSA) is 67.6 Å². The quantitative estimate of drug-likeness (QED) is 0.710. The summed E-state index contributed by atoms with van der Waals surface area (Å²) in [5, 5.41) is 0. The Kier molecular flexibility index (Phi) is 2.41. The van der Waals surface area contributed by atoms with E-state index < -0.39 is 23.0 Å². The van der Waals surface area contributed by atoms with Crippen molar-refractivity contribution < 1.29 is 13.2 Å². The minimum absolute atomic E-state index is 0.0666. The highest BCUT2D eigenvalue weighted by atomic mass is 19.1. The molecule has 0 atom stereocenters. The smallest absolute Gasteiger partial charge is 0.180 e. The number of nitrogens with zero attached hydrogens (tertiary/aromatic N) is 2. The van der Waals surface area contributed by atoms with Crippen LogP contribution in [0.1, 0.15) is 0 Å². The number of pyridine rings is 1. The van der Waals surface area contributed by atoms with E-state index in [0.717, 1.165) is 0 Å². The number of halogens is 3. The Balaban J connectivity index is 2.24. The molecule has 0 aliphatic rings. The van der Waals surface area contributed by atoms with Gasteiger partial charge in [0.15, 0.2) is 5.65 Å². The molecular formula is C12H7F3N4. The molecule has 4 nitrogen and oxygen atoms in total. The fraction of sp³-hybridized carbons (Fsp3) is 0. The number of anilines is 1. The molecule has 0 aliphatic carbocycles. The van der Waals surface area contributed by atoms with Gasteiger partial charge in [-0.1, -0.05) is 0 Å². The van der Waals surface area contributed by atoms with Crippen molar-refractivity contribution in [2.24, 2.45) is 0 Å². The molecule has 0 saturated heterocycles. The van der Waals surface area contributed by atoms with Crippen LogP contribution in [0.5, 0.6) is 0 Å². The van der Waals surface area contributed by atoms with E-state index in [1.807, 2.05) is 0 Å².